The van der Waals surface area contributed by atoms with Crippen LogP contribution in [0.2, 0.25) is 0 Å². The van der Waals surface area contributed by atoms with Crippen LogP contribution in [0.15, 0.2) is 66.9 Å². The van der Waals surface area contributed by atoms with E-state index in [4.69, 9.17) is 33.9 Å². The second-order valence-corrected chi connectivity index (χ2v) is 13.5. The van der Waals surface area contributed by atoms with E-state index in [1.54, 1.807) is 68.7 Å². The van der Waals surface area contributed by atoms with Crippen molar-refractivity contribution in [1.29, 1.82) is 0 Å². The van der Waals surface area contributed by atoms with Crippen molar-refractivity contribution in [1.82, 2.24) is 15.0 Å². The van der Waals surface area contributed by atoms with E-state index in [0.717, 1.165) is 0 Å². The maximum absolute atomic E-state index is 8.65. The Hall–Kier alpha value is -4.69. The quantitative estimate of drug-likeness (QED) is 0.152. The predicted octanol–water partition coefficient (Wildman–Crippen LogP) is 9.74. The lowest BCUT2D eigenvalue weighted by Crippen LogP contribution is -2.30. The molecule has 0 atom stereocenters. The zero-order chi connectivity index (χ0) is 40.3. The molecule has 3 aromatic carbocycles. The molecule has 0 aliphatic heterocycles. The molecule has 0 amide bonds. The number of hydrogen-bond donors (Lipinski definition) is 0. The molecule has 0 radical (unpaired) electrons. The summed E-state index contributed by atoms with van der Waals surface area (Å²) in [7, 11) is 1.80. The van der Waals surface area contributed by atoms with Crippen LogP contribution in [-0.2, 0) is 17.9 Å². The van der Waals surface area contributed by atoms with Gasteiger partial charge in [-0.2, -0.15) is 0 Å². The Bertz CT molecular complexity index is 2220. The van der Waals surface area contributed by atoms with Crippen molar-refractivity contribution in [3.05, 3.63) is 112 Å². The van der Waals surface area contributed by atoms with Crippen molar-refractivity contribution in [2.24, 2.45) is 7.05 Å². The molecule has 5 nitrogen and oxygen atoms in total. The Morgan fingerprint density at radius 1 is 0.667 bits per heavy atom. The third-order valence-corrected chi connectivity index (χ3v) is 7.76. The van der Waals surface area contributed by atoms with Crippen LogP contribution in [0, 0.1) is 34.1 Å². The van der Waals surface area contributed by atoms with E-state index < -0.39 is 31.4 Å². The van der Waals surface area contributed by atoms with E-state index in [-0.39, 0.29) is 33.6 Å². The largest absolute Gasteiger partial charge is 0.238 e. The van der Waals surface area contributed by atoms with Crippen molar-refractivity contribution in [3.8, 4) is 44.9 Å². The van der Waals surface area contributed by atoms with Crippen molar-refractivity contribution in [3.63, 3.8) is 0 Å². The number of aryl methyl sites for hydroxylation is 5. The molecule has 0 fully saturated rings. The summed E-state index contributed by atoms with van der Waals surface area (Å²) in [5.74, 6) is 1.17. The molecule has 0 unspecified atom stereocenters. The van der Waals surface area contributed by atoms with Crippen LogP contribution in [-0.4, -0.2) is 15.0 Å². The minimum Gasteiger partial charge on any atom is -0.238 e. The third-order valence-electron chi connectivity index (χ3n) is 7.76. The van der Waals surface area contributed by atoms with Crippen molar-refractivity contribution < 1.29 is 16.9 Å². The fraction of sp³-hybridized carbons (Fsp3) is 0.325. The maximum atomic E-state index is 8.65. The molecule has 0 aliphatic rings. The topological polar surface area (TPSA) is 46.9 Å². The highest BCUT2D eigenvalue weighted by atomic mass is 15.1. The predicted molar refractivity (Wildman–Crippen MR) is 185 cm³/mol. The number of aromatic nitrogens is 4. The first-order valence-electron chi connectivity index (χ1n) is 19.3. The lowest BCUT2D eigenvalue weighted by atomic mass is 9.90. The first-order valence-corrected chi connectivity index (χ1v) is 14.8. The number of benzene rings is 3. The van der Waals surface area contributed by atoms with E-state index >= 15 is 0 Å². The highest BCUT2D eigenvalue weighted by Crippen LogP contribution is 2.36. The van der Waals surface area contributed by atoms with Gasteiger partial charge in [0.2, 0.25) is 5.69 Å². The van der Waals surface area contributed by atoms with Gasteiger partial charge in [0.15, 0.2) is 17.7 Å². The molecule has 5 aromatic rings. The summed E-state index contributed by atoms with van der Waals surface area (Å²) in [6.45, 7) is 13.0. The van der Waals surface area contributed by atoms with Gasteiger partial charge in [-0.05, 0) is 90.2 Å². The van der Waals surface area contributed by atoms with Crippen LogP contribution in [0.25, 0.3) is 49.7 Å². The van der Waals surface area contributed by atoms with Gasteiger partial charge in [-0.3, -0.25) is 0 Å². The van der Waals surface area contributed by atoms with Gasteiger partial charge >= 0.3 is 0 Å². The summed E-state index contributed by atoms with van der Waals surface area (Å²) in [6, 6.07) is 16.4. The van der Waals surface area contributed by atoms with Crippen LogP contribution in [0.4, 0.5) is 5.69 Å². The molecule has 0 N–H and O–H groups in total. The summed E-state index contributed by atoms with van der Waals surface area (Å²) in [5, 5.41) is 0. The van der Waals surface area contributed by atoms with Crippen molar-refractivity contribution in [2.75, 3.05) is 0 Å². The molecular formula is C40H44N5+. The van der Waals surface area contributed by atoms with Gasteiger partial charge in [-0.15, -0.1) is 0 Å². The number of nitrogens with zero attached hydrogens (tertiary/aromatic N) is 5. The minimum atomic E-state index is -2.74. The first-order chi connectivity index (χ1) is 24.7. The Morgan fingerprint density at radius 2 is 1.27 bits per heavy atom. The molecular weight excluding hydrogens is 550 g/mol. The average Bonchev–Trinajstić information content (AvgIpc) is 3.06. The zero-order valence-corrected chi connectivity index (χ0v) is 27.1. The van der Waals surface area contributed by atoms with Crippen LogP contribution in [0.3, 0.4) is 0 Å². The maximum Gasteiger partial charge on any atom is 0.213 e. The molecule has 0 bridgehead atoms. The van der Waals surface area contributed by atoms with Gasteiger partial charge in [0, 0.05) is 46.4 Å². The Morgan fingerprint density at radius 3 is 1.80 bits per heavy atom. The summed E-state index contributed by atoms with van der Waals surface area (Å²) in [5.41, 5.74) is 2.90. The lowest BCUT2D eigenvalue weighted by molar-refractivity contribution is -0.660. The molecule has 228 valence electrons. The lowest BCUT2D eigenvalue weighted by Gasteiger charge is -2.23. The van der Waals surface area contributed by atoms with Gasteiger partial charge in [-0.1, -0.05) is 71.9 Å². The second-order valence-electron chi connectivity index (χ2n) is 13.5. The fourth-order valence-corrected chi connectivity index (χ4v) is 5.19. The van der Waals surface area contributed by atoms with Gasteiger partial charge in [0.05, 0.1) is 6.57 Å². The van der Waals surface area contributed by atoms with E-state index in [0.29, 0.717) is 50.8 Å². The zero-order valence-electron chi connectivity index (χ0n) is 36.1. The van der Waals surface area contributed by atoms with E-state index in [9.17, 15) is 0 Å². The normalized spacial score (nSPS) is 15.7. The van der Waals surface area contributed by atoms with E-state index in [1.807, 2.05) is 46.1 Å². The van der Waals surface area contributed by atoms with Crippen LogP contribution >= 0.6 is 0 Å². The standard InChI is InChI=1S/C40H44N5/c1-24-19-25(2)33(23-32(24)28-13-15-31(41-11)16-14-28)34-22-29(17-18-45(34)12)35-26(3)20-30(21-27(35)4)36-42-37(39(5,6)7)44-38(43-36)40(8,9)10/h13-23H,1-10,12H3/q+1/i1D3,3D3,4D3. The van der Waals surface area contributed by atoms with Gasteiger partial charge in [-0.25, -0.2) is 24.4 Å². The molecule has 5 heteroatoms. The number of rotatable bonds is 4. The summed E-state index contributed by atoms with van der Waals surface area (Å²) >= 11 is 0. The Labute approximate surface area is 281 Å². The second kappa shape index (κ2) is 11.7. The minimum absolute atomic E-state index is 0.0495. The highest BCUT2D eigenvalue weighted by molar-refractivity contribution is 5.80. The van der Waals surface area contributed by atoms with Crippen LogP contribution in [0.5, 0.6) is 0 Å². The van der Waals surface area contributed by atoms with Crippen molar-refractivity contribution >= 4 is 5.69 Å². The van der Waals surface area contributed by atoms with Crippen LogP contribution < -0.4 is 4.57 Å². The molecule has 5 rings (SSSR count). The first kappa shape index (κ1) is 21.9. The average molecular weight is 604 g/mol. The van der Waals surface area contributed by atoms with Crippen molar-refractivity contribution in [2.45, 2.75) is 79.9 Å². The monoisotopic (exact) mass is 603 g/mol. The number of hydrogen-bond acceptors (Lipinski definition) is 3. The summed E-state index contributed by atoms with van der Waals surface area (Å²) in [4.78, 5) is 17.6. The molecule has 0 spiro atoms. The smallest absolute Gasteiger partial charge is 0.213 e. The van der Waals surface area contributed by atoms with Crippen LogP contribution in [0.1, 0.15) is 87.8 Å². The summed E-state index contributed by atoms with van der Waals surface area (Å²) in [6.07, 6.45) is 1.73. The molecule has 2 heterocycles. The molecule has 0 aliphatic carbocycles. The number of pyridine rings is 1. The third kappa shape index (κ3) is 6.42. The van der Waals surface area contributed by atoms with E-state index in [2.05, 4.69) is 4.85 Å². The fourth-order valence-electron chi connectivity index (χ4n) is 5.19. The Kier molecular flexibility index (Phi) is 5.68. The molecule has 0 saturated carbocycles. The highest BCUT2D eigenvalue weighted by Gasteiger charge is 2.26. The summed E-state index contributed by atoms with van der Waals surface area (Å²) < 4.78 is 78.6. The molecule has 45 heavy (non-hydrogen) atoms. The van der Waals surface area contributed by atoms with E-state index in [1.165, 1.54) is 12.1 Å². The SMILES string of the molecule is [2H]C([2H])([2H])c1cc(C)c(-c2cc(-c3c(C([2H])([2H])[2H])cc(-c4nc(C(C)(C)C)nc(C(C)(C)C)n4)cc3C([2H])([2H])[2H])cc[n+]2C)cc1-c1ccc([N+]#[C-])cc1. The molecule has 2 aromatic heterocycles. The Balaban J connectivity index is 1.82. The molecule has 0 saturated heterocycles. The van der Waals surface area contributed by atoms with Gasteiger partial charge < -0.3 is 0 Å². The van der Waals surface area contributed by atoms with Gasteiger partial charge in [0.25, 0.3) is 0 Å². The van der Waals surface area contributed by atoms with Gasteiger partial charge in [0.1, 0.15) is 18.7 Å².